The van der Waals surface area contributed by atoms with E-state index in [0.717, 1.165) is 32.6 Å². The van der Waals surface area contributed by atoms with Gasteiger partial charge in [0.25, 0.3) is 0 Å². The Bertz CT molecular complexity index is 94.3. The van der Waals surface area contributed by atoms with Crippen molar-refractivity contribution in [1.82, 2.24) is 10.5 Å². The van der Waals surface area contributed by atoms with Gasteiger partial charge in [0.2, 0.25) is 0 Å². The van der Waals surface area contributed by atoms with Crippen LogP contribution in [-0.2, 0) is 9.68 Å². The highest BCUT2D eigenvalue weighted by Gasteiger charge is 2.27. The first-order valence-corrected chi connectivity index (χ1v) is 3.68. The maximum atomic E-state index is 5.30. The predicted molar refractivity (Wildman–Crippen MR) is 33.8 cm³/mol. The Morgan fingerprint density at radius 2 is 2.40 bits per heavy atom. The molecule has 0 spiro atoms. The van der Waals surface area contributed by atoms with Crippen LogP contribution in [0.4, 0.5) is 0 Å². The smallest absolute Gasteiger partial charge is 0.131 e. The molecule has 1 unspecified atom stereocenters. The van der Waals surface area contributed by atoms with Crippen molar-refractivity contribution in [2.24, 2.45) is 0 Å². The molecule has 0 saturated carbocycles. The Hall–Kier alpha value is -0.160. The molecule has 0 aliphatic carbocycles. The van der Waals surface area contributed by atoms with Crippen LogP contribution in [0.2, 0.25) is 0 Å². The minimum atomic E-state index is 0.169. The lowest BCUT2D eigenvalue weighted by atomic mass is 10.3. The van der Waals surface area contributed by atoms with Crippen molar-refractivity contribution in [3.8, 4) is 0 Å². The zero-order valence-corrected chi connectivity index (χ0v) is 5.82. The van der Waals surface area contributed by atoms with Crippen molar-refractivity contribution < 1.29 is 9.68 Å². The molecule has 0 aromatic heterocycles. The Morgan fingerprint density at radius 3 is 3.00 bits per heavy atom. The lowest BCUT2D eigenvalue weighted by Crippen LogP contribution is -2.34. The molecule has 57 valence electrons. The molecular weight excluding hydrogens is 132 g/mol. The summed E-state index contributed by atoms with van der Waals surface area (Å²) in [5.41, 5.74) is 3.92. The second-order valence-corrected chi connectivity index (χ2v) is 2.54. The summed E-state index contributed by atoms with van der Waals surface area (Å²) in [5, 5.41) is 1.91. The van der Waals surface area contributed by atoms with Gasteiger partial charge in [-0.1, -0.05) is 5.48 Å². The minimum Gasteiger partial charge on any atom is -0.297 e. The number of hydrogen-bond acceptors (Lipinski definition) is 3. The van der Waals surface area contributed by atoms with Gasteiger partial charge in [-0.2, -0.15) is 5.06 Å². The molecule has 2 rings (SSSR count). The third-order valence-corrected chi connectivity index (χ3v) is 1.78. The maximum Gasteiger partial charge on any atom is 0.131 e. The predicted octanol–water partition coefficient (Wildman–Crippen LogP) is -0.111. The summed E-state index contributed by atoms with van der Waals surface area (Å²) in [6, 6.07) is 0. The van der Waals surface area contributed by atoms with Crippen molar-refractivity contribution in [2.75, 3.05) is 19.8 Å². The van der Waals surface area contributed by atoms with Crippen molar-refractivity contribution in [2.45, 2.75) is 19.0 Å². The fraction of sp³-hybridized carbons (Fsp3) is 1.00. The van der Waals surface area contributed by atoms with Gasteiger partial charge in [0, 0.05) is 13.0 Å². The van der Waals surface area contributed by atoms with Gasteiger partial charge < -0.3 is 0 Å². The van der Waals surface area contributed by atoms with Crippen LogP contribution in [0, 0.1) is 0 Å². The highest BCUT2D eigenvalue weighted by molar-refractivity contribution is 4.65. The van der Waals surface area contributed by atoms with E-state index < -0.39 is 0 Å². The molecule has 2 aliphatic heterocycles. The van der Waals surface area contributed by atoms with Crippen molar-refractivity contribution in [3.63, 3.8) is 0 Å². The average Bonchev–Trinajstić information content (AvgIpc) is 2.59. The lowest BCUT2D eigenvalue weighted by molar-refractivity contribution is -0.160. The molecule has 0 amide bonds. The zero-order chi connectivity index (χ0) is 6.81. The van der Waals surface area contributed by atoms with Crippen LogP contribution in [0.15, 0.2) is 0 Å². The second-order valence-electron chi connectivity index (χ2n) is 2.54. The fourth-order valence-electron chi connectivity index (χ4n) is 1.25. The highest BCUT2D eigenvalue weighted by Crippen LogP contribution is 2.14. The van der Waals surface area contributed by atoms with E-state index in [-0.39, 0.29) is 6.17 Å². The molecule has 0 bridgehead atoms. The summed E-state index contributed by atoms with van der Waals surface area (Å²) in [6.07, 6.45) is 2.26. The molecule has 0 N–H and O–H groups in total. The van der Waals surface area contributed by atoms with Crippen LogP contribution in [0.25, 0.3) is 0 Å². The SMILES string of the molecule is C1CON(C2CCO[N]2)C1. The number of rotatable bonds is 1. The third kappa shape index (κ3) is 1.15. The first kappa shape index (κ1) is 6.54. The van der Waals surface area contributed by atoms with E-state index in [2.05, 4.69) is 5.48 Å². The maximum absolute atomic E-state index is 5.30. The summed E-state index contributed by atoms with van der Waals surface area (Å²) in [7, 11) is 0. The van der Waals surface area contributed by atoms with E-state index >= 15 is 0 Å². The number of hydrogen-bond donors (Lipinski definition) is 0. The largest absolute Gasteiger partial charge is 0.297 e. The fourth-order valence-corrected chi connectivity index (χ4v) is 1.25. The van der Waals surface area contributed by atoms with Gasteiger partial charge in [0.05, 0.1) is 13.2 Å². The number of nitrogens with zero attached hydrogens (tertiary/aromatic N) is 2. The summed E-state index contributed by atoms with van der Waals surface area (Å²) in [5.74, 6) is 0. The van der Waals surface area contributed by atoms with Crippen LogP contribution in [0.1, 0.15) is 12.8 Å². The van der Waals surface area contributed by atoms with E-state index in [9.17, 15) is 0 Å². The van der Waals surface area contributed by atoms with Gasteiger partial charge in [-0.3, -0.25) is 9.68 Å². The Labute approximate surface area is 60.0 Å². The Kier molecular flexibility index (Phi) is 1.86. The van der Waals surface area contributed by atoms with Gasteiger partial charge in [-0.05, 0) is 6.42 Å². The first-order valence-electron chi connectivity index (χ1n) is 3.68. The molecule has 2 saturated heterocycles. The van der Waals surface area contributed by atoms with Gasteiger partial charge in [-0.15, -0.1) is 0 Å². The van der Waals surface area contributed by atoms with Gasteiger partial charge in [0.15, 0.2) is 0 Å². The second kappa shape index (κ2) is 2.84. The topological polar surface area (TPSA) is 35.8 Å². The summed E-state index contributed by atoms with van der Waals surface area (Å²) >= 11 is 0. The van der Waals surface area contributed by atoms with Crippen LogP contribution in [-0.4, -0.2) is 31.0 Å². The number of hydroxylamine groups is 3. The standard InChI is InChI=1S/C6H11N2O2/c1-3-8(10-4-1)6-2-5-9-7-6/h6H,1-5H2. The molecule has 0 aromatic rings. The zero-order valence-electron chi connectivity index (χ0n) is 5.82. The van der Waals surface area contributed by atoms with Crippen LogP contribution in [0.3, 0.4) is 0 Å². The molecule has 4 heteroatoms. The molecule has 10 heavy (non-hydrogen) atoms. The van der Waals surface area contributed by atoms with E-state index in [1.54, 1.807) is 0 Å². The normalized spacial score (nSPS) is 35.4. The quantitative estimate of drug-likeness (QED) is 0.513. The van der Waals surface area contributed by atoms with Crippen LogP contribution >= 0.6 is 0 Å². The molecule has 1 radical (unpaired) electrons. The van der Waals surface area contributed by atoms with Crippen LogP contribution in [0.5, 0.6) is 0 Å². The Balaban J connectivity index is 1.85. The van der Waals surface area contributed by atoms with Gasteiger partial charge >= 0.3 is 0 Å². The highest BCUT2D eigenvalue weighted by atomic mass is 16.7. The van der Waals surface area contributed by atoms with Crippen LogP contribution < -0.4 is 5.48 Å². The van der Waals surface area contributed by atoms with Gasteiger partial charge in [-0.25, -0.2) is 0 Å². The van der Waals surface area contributed by atoms with E-state index in [0.29, 0.717) is 0 Å². The summed E-state index contributed by atoms with van der Waals surface area (Å²) in [4.78, 5) is 10.2. The molecular formula is C6H11N2O2. The first-order chi connectivity index (χ1) is 4.97. The summed E-state index contributed by atoms with van der Waals surface area (Å²) in [6.45, 7) is 2.58. The summed E-state index contributed by atoms with van der Waals surface area (Å²) < 4.78 is 0. The van der Waals surface area contributed by atoms with Crippen molar-refractivity contribution >= 4 is 0 Å². The Morgan fingerprint density at radius 1 is 1.40 bits per heavy atom. The van der Waals surface area contributed by atoms with Gasteiger partial charge in [0.1, 0.15) is 6.17 Å². The lowest BCUT2D eigenvalue weighted by Gasteiger charge is -2.17. The molecule has 4 nitrogen and oxygen atoms in total. The van der Waals surface area contributed by atoms with E-state index in [1.165, 1.54) is 0 Å². The third-order valence-electron chi connectivity index (χ3n) is 1.78. The monoisotopic (exact) mass is 143 g/mol. The van der Waals surface area contributed by atoms with Crippen molar-refractivity contribution in [3.05, 3.63) is 0 Å². The average molecular weight is 143 g/mol. The molecule has 2 fully saturated rings. The molecule has 1 atom stereocenters. The van der Waals surface area contributed by atoms with Crippen molar-refractivity contribution in [1.29, 1.82) is 0 Å². The molecule has 2 aliphatic rings. The molecule has 2 heterocycles. The van der Waals surface area contributed by atoms with E-state index in [1.807, 2.05) is 5.06 Å². The minimum absolute atomic E-state index is 0.169. The van der Waals surface area contributed by atoms with E-state index in [4.69, 9.17) is 9.68 Å². The molecule has 0 aromatic carbocycles.